The van der Waals surface area contributed by atoms with Gasteiger partial charge >= 0.3 is 0 Å². The fraction of sp³-hybridized carbons (Fsp3) is 0.556. The number of carbonyl (C=O) groups excluding carboxylic acids is 2. The minimum atomic E-state index is -3.51. The number of benzene rings is 1. The van der Waals surface area contributed by atoms with Crippen LogP contribution in [0.4, 0.5) is 0 Å². The van der Waals surface area contributed by atoms with E-state index in [0.717, 1.165) is 5.56 Å². The van der Waals surface area contributed by atoms with Crippen molar-refractivity contribution < 1.29 is 18.0 Å². The van der Waals surface area contributed by atoms with Gasteiger partial charge < -0.3 is 10.6 Å². The van der Waals surface area contributed by atoms with Gasteiger partial charge in [0.15, 0.2) is 0 Å². The molecule has 0 aliphatic carbocycles. The lowest BCUT2D eigenvalue weighted by Crippen LogP contribution is -2.53. The van der Waals surface area contributed by atoms with Crippen LogP contribution in [0.3, 0.4) is 0 Å². The minimum Gasteiger partial charge on any atom is -0.355 e. The van der Waals surface area contributed by atoms with Crippen molar-refractivity contribution in [2.75, 3.05) is 39.3 Å². The molecule has 1 fully saturated rings. The third-order valence-corrected chi connectivity index (χ3v) is 6.39. The summed E-state index contributed by atoms with van der Waals surface area (Å²) < 4.78 is 26.8. The van der Waals surface area contributed by atoms with Crippen molar-refractivity contribution in [3.05, 3.63) is 29.8 Å². The molecule has 150 valence electrons. The summed E-state index contributed by atoms with van der Waals surface area (Å²) in [5, 5.41) is 5.31. The van der Waals surface area contributed by atoms with E-state index in [4.69, 9.17) is 0 Å². The molecule has 1 heterocycles. The maximum absolute atomic E-state index is 12.7. The normalized spacial score (nSPS) is 17.3. The van der Waals surface area contributed by atoms with E-state index in [1.54, 1.807) is 31.2 Å². The number of piperazine rings is 1. The van der Waals surface area contributed by atoms with E-state index >= 15 is 0 Å². The molecule has 0 unspecified atom stereocenters. The van der Waals surface area contributed by atoms with Gasteiger partial charge in [-0.3, -0.25) is 14.5 Å². The number of amides is 2. The Bertz CT molecular complexity index is 756. The number of hydrogen-bond acceptors (Lipinski definition) is 5. The average Bonchev–Trinajstić information content (AvgIpc) is 2.62. The smallest absolute Gasteiger partial charge is 0.243 e. The van der Waals surface area contributed by atoms with Crippen molar-refractivity contribution >= 4 is 21.8 Å². The summed E-state index contributed by atoms with van der Waals surface area (Å²) in [5.74, 6) is -0.469. The van der Waals surface area contributed by atoms with E-state index < -0.39 is 16.1 Å². The number of likely N-dealkylation sites (N-methyl/N-ethyl adjacent to an activating group) is 1. The Morgan fingerprint density at radius 3 is 2.26 bits per heavy atom. The lowest BCUT2D eigenvalue weighted by Gasteiger charge is -2.33. The highest BCUT2D eigenvalue weighted by Crippen LogP contribution is 2.18. The van der Waals surface area contributed by atoms with Crippen molar-refractivity contribution in [3.8, 4) is 0 Å². The first-order chi connectivity index (χ1) is 12.7. The molecule has 9 heteroatoms. The number of hydrogen-bond donors (Lipinski definition) is 2. The summed E-state index contributed by atoms with van der Waals surface area (Å²) in [7, 11) is -3.51. The molecule has 2 amide bonds. The molecule has 27 heavy (non-hydrogen) atoms. The van der Waals surface area contributed by atoms with Gasteiger partial charge in [0.1, 0.15) is 6.04 Å². The van der Waals surface area contributed by atoms with Gasteiger partial charge in [-0.15, -0.1) is 0 Å². The van der Waals surface area contributed by atoms with E-state index in [0.29, 0.717) is 32.7 Å². The third-order valence-electron chi connectivity index (χ3n) is 4.48. The van der Waals surface area contributed by atoms with Crippen LogP contribution in [0.15, 0.2) is 29.2 Å². The van der Waals surface area contributed by atoms with Gasteiger partial charge in [0.2, 0.25) is 21.8 Å². The van der Waals surface area contributed by atoms with E-state index in [9.17, 15) is 18.0 Å². The van der Waals surface area contributed by atoms with E-state index in [-0.39, 0.29) is 23.3 Å². The molecule has 1 aliphatic rings. The van der Waals surface area contributed by atoms with Crippen molar-refractivity contribution in [1.29, 1.82) is 0 Å². The van der Waals surface area contributed by atoms with Gasteiger partial charge in [0.25, 0.3) is 0 Å². The Hall–Kier alpha value is -1.97. The number of carbonyl (C=O) groups is 2. The molecule has 0 saturated carbocycles. The van der Waals surface area contributed by atoms with Gasteiger partial charge in [-0.2, -0.15) is 4.31 Å². The molecule has 1 aromatic rings. The molecule has 1 aliphatic heterocycles. The number of nitrogens with zero attached hydrogens (tertiary/aromatic N) is 2. The molecule has 0 bridgehead atoms. The zero-order valence-electron chi connectivity index (χ0n) is 16.1. The van der Waals surface area contributed by atoms with Crippen LogP contribution in [0.1, 0.15) is 19.4 Å². The summed E-state index contributed by atoms with van der Waals surface area (Å²) >= 11 is 0. The molecule has 0 spiro atoms. The molecular formula is C18H28N4O4S. The fourth-order valence-corrected chi connectivity index (χ4v) is 4.29. The van der Waals surface area contributed by atoms with Crippen molar-refractivity contribution in [2.45, 2.75) is 31.7 Å². The quantitative estimate of drug-likeness (QED) is 0.673. The predicted octanol–water partition coefficient (Wildman–Crippen LogP) is -0.0579. The Morgan fingerprint density at radius 2 is 1.70 bits per heavy atom. The van der Waals surface area contributed by atoms with Gasteiger partial charge in [0.05, 0.1) is 11.4 Å². The highest BCUT2D eigenvalue weighted by Gasteiger charge is 2.29. The van der Waals surface area contributed by atoms with Crippen molar-refractivity contribution in [1.82, 2.24) is 19.8 Å². The fourth-order valence-electron chi connectivity index (χ4n) is 2.87. The largest absolute Gasteiger partial charge is 0.355 e. The monoisotopic (exact) mass is 396 g/mol. The summed E-state index contributed by atoms with van der Waals surface area (Å²) in [4.78, 5) is 25.9. The molecule has 1 aromatic carbocycles. The second-order valence-electron chi connectivity index (χ2n) is 6.68. The molecule has 8 nitrogen and oxygen atoms in total. The lowest BCUT2D eigenvalue weighted by atomic mass is 10.2. The zero-order chi connectivity index (χ0) is 20.0. The standard InChI is InChI=1S/C18H28N4O4S/c1-4-19-18(24)15(3)20-17(23)13-21-9-11-22(12-10-21)27(25,26)16-7-5-14(2)6-8-16/h5-8,15H,4,9-13H2,1-3H3,(H,19,24)(H,20,23)/t15-/m0/s1. The number of aryl methyl sites for hydroxylation is 1. The van der Waals surface area contributed by atoms with Crippen LogP contribution in [0.2, 0.25) is 0 Å². The predicted molar refractivity (Wildman–Crippen MR) is 103 cm³/mol. The van der Waals surface area contributed by atoms with E-state index in [1.807, 2.05) is 18.7 Å². The summed E-state index contributed by atoms with van der Waals surface area (Å²) in [6.07, 6.45) is 0. The maximum atomic E-state index is 12.7. The summed E-state index contributed by atoms with van der Waals surface area (Å²) in [5.41, 5.74) is 1.01. The van der Waals surface area contributed by atoms with Crippen LogP contribution in [0, 0.1) is 6.92 Å². The van der Waals surface area contributed by atoms with E-state index in [1.165, 1.54) is 4.31 Å². The van der Waals surface area contributed by atoms with Crippen LogP contribution in [-0.4, -0.2) is 74.7 Å². The summed E-state index contributed by atoms with van der Waals surface area (Å²) in [6.45, 7) is 7.60. The molecule has 2 rings (SSSR count). The Labute approximate surface area is 161 Å². The molecular weight excluding hydrogens is 368 g/mol. The molecule has 1 atom stereocenters. The number of sulfonamides is 1. The third kappa shape index (κ3) is 5.75. The van der Waals surface area contributed by atoms with Crippen LogP contribution < -0.4 is 10.6 Å². The first-order valence-corrected chi connectivity index (χ1v) is 10.5. The number of nitrogens with one attached hydrogen (secondary N) is 2. The van der Waals surface area contributed by atoms with Gasteiger partial charge in [-0.1, -0.05) is 17.7 Å². The maximum Gasteiger partial charge on any atom is 0.243 e. The molecule has 2 N–H and O–H groups in total. The molecule has 0 aromatic heterocycles. The van der Waals surface area contributed by atoms with E-state index in [2.05, 4.69) is 10.6 Å². The second kappa shape index (κ2) is 9.29. The van der Waals surface area contributed by atoms with Crippen LogP contribution in [0.25, 0.3) is 0 Å². The van der Waals surface area contributed by atoms with Gasteiger partial charge in [0, 0.05) is 32.7 Å². The van der Waals surface area contributed by atoms with Crippen LogP contribution >= 0.6 is 0 Å². The SMILES string of the molecule is CCNC(=O)[C@H](C)NC(=O)CN1CCN(S(=O)(=O)c2ccc(C)cc2)CC1. The highest BCUT2D eigenvalue weighted by atomic mass is 32.2. The van der Waals surface area contributed by atoms with Crippen LogP contribution in [-0.2, 0) is 19.6 Å². The van der Waals surface area contributed by atoms with Crippen LogP contribution in [0.5, 0.6) is 0 Å². The number of rotatable bonds is 7. The lowest BCUT2D eigenvalue weighted by molar-refractivity contribution is -0.129. The average molecular weight is 397 g/mol. The first-order valence-electron chi connectivity index (χ1n) is 9.10. The topological polar surface area (TPSA) is 98.8 Å². The zero-order valence-corrected chi connectivity index (χ0v) is 16.9. The molecule has 0 radical (unpaired) electrons. The highest BCUT2D eigenvalue weighted by molar-refractivity contribution is 7.89. The minimum absolute atomic E-state index is 0.141. The second-order valence-corrected chi connectivity index (χ2v) is 8.62. The summed E-state index contributed by atoms with van der Waals surface area (Å²) in [6, 6.07) is 6.20. The first kappa shape index (κ1) is 21.3. The van der Waals surface area contributed by atoms with Crippen molar-refractivity contribution in [2.24, 2.45) is 0 Å². The Balaban J connectivity index is 1.85. The Kier molecular flexibility index (Phi) is 7.34. The Morgan fingerprint density at radius 1 is 1.11 bits per heavy atom. The van der Waals surface area contributed by atoms with Gasteiger partial charge in [-0.25, -0.2) is 8.42 Å². The molecule has 1 saturated heterocycles. The van der Waals surface area contributed by atoms with Crippen molar-refractivity contribution in [3.63, 3.8) is 0 Å². The van der Waals surface area contributed by atoms with Gasteiger partial charge in [-0.05, 0) is 32.9 Å².